The van der Waals surface area contributed by atoms with E-state index in [4.69, 9.17) is 9.15 Å². The number of ether oxygens (including phenoxy) is 1. The summed E-state index contributed by atoms with van der Waals surface area (Å²) in [5.41, 5.74) is 8.46. The zero-order valence-corrected chi connectivity index (χ0v) is 21.5. The fourth-order valence-electron chi connectivity index (χ4n) is 5.20. The minimum atomic E-state index is -0.807. The Labute approximate surface area is 217 Å². The summed E-state index contributed by atoms with van der Waals surface area (Å²) in [6, 6.07) is 20.6. The first-order valence-corrected chi connectivity index (χ1v) is 13.1. The molecule has 5 aromatic rings. The lowest BCUT2D eigenvalue weighted by Gasteiger charge is -2.12. The summed E-state index contributed by atoms with van der Waals surface area (Å²) in [7, 11) is 0. The second-order valence-electron chi connectivity index (χ2n) is 9.62. The molecular weight excluding hydrogens is 462 g/mol. The van der Waals surface area contributed by atoms with Crippen LogP contribution in [0, 0.1) is 0 Å². The van der Waals surface area contributed by atoms with Crippen LogP contribution in [0.15, 0.2) is 71.3 Å². The number of fused-ring (bicyclic) bond motifs is 2. The molecule has 2 heterocycles. The Morgan fingerprint density at radius 2 is 1.78 bits per heavy atom. The average molecular weight is 496 g/mol. The van der Waals surface area contributed by atoms with Gasteiger partial charge in [-0.2, -0.15) is 0 Å². The lowest BCUT2D eigenvalue weighted by molar-refractivity contribution is -0.136. The quantitative estimate of drug-likeness (QED) is 0.197. The van der Waals surface area contributed by atoms with Gasteiger partial charge in [0.05, 0.1) is 19.3 Å². The Hall–Kier alpha value is -3.99. The second-order valence-corrected chi connectivity index (χ2v) is 9.62. The SMILES string of the molecule is CCCc1cc(CC(=O)O)cc2cc(CCOc3ccc4c(-c5ccccc5)coc4c3CCC)[nH]c12. The number of H-pyrrole nitrogens is 1. The zero-order valence-electron chi connectivity index (χ0n) is 21.5. The highest BCUT2D eigenvalue weighted by Crippen LogP contribution is 2.37. The maximum absolute atomic E-state index is 11.3. The van der Waals surface area contributed by atoms with Gasteiger partial charge in [0.1, 0.15) is 11.3 Å². The molecule has 0 saturated carbocycles. The molecule has 0 fully saturated rings. The Bertz CT molecular complexity index is 1530. The van der Waals surface area contributed by atoms with Crippen molar-refractivity contribution in [2.75, 3.05) is 6.61 Å². The maximum Gasteiger partial charge on any atom is 0.307 e. The number of furan rings is 1. The Balaban J connectivity index is 1.37. The van der Waals surface area contributed by atoms with E-state index >= 15 is 0 Å². The molecule has 0 aliphatic carbocycles. The molecule has 0 spiro atoms. The van der Waals surface area contributed by atoms with Gasteiger partial charge in [-0.1, -0.05) is 63.1 Å². The van der Waals surface area contributed by atoms with E-state index < -0.39 is 5.97 Å². The van der Waals surface area contributed by atoms with Crippen molar-refractivity contribution in [2.24, 2.45) is 0 Å². The molecule has 2 N–H and O–H groups in total. The minimum Gasteiger partial charge on any atom is -0.493 e. The van der Waals surface area contributed by atoms with E-state index in [1.807, 2.05) is 36.6 Å². The van der Waals surface area contributed by atoms with Crippen LogP contribution in [0.25, 0.3) is 33.0 Å². The number of hydrogen-bond acceptors (Lipinski definition) is 3. The van der Waals surface area contributed by atoms with Gasteiger partial charge in [0, 0.05) is 39.5 Å². The Morgan fingerprint density at radius 1 is 0.973 bits per heavy atom. The number of carboxylic acid groups (broad SMARTS) is 1. The number of carbonyl (C=O) groups is 1. The number of rotatable bonds is 11. The van der Waals surface area contributed by atoms with Crippen LogP contribution in [-0.2, 0) is 30.5 Å². The van der Waals surface area contributed by atoms with Gasteiger partial charge in [-0.25, -0.2) is 0 Å². The molecule has 0 amide bonds. The highest BCUT2D eigenvalue weighted by molar-refractivity contribution is 5.96. The standard InChI is InChI=1S/C32H33NO4/c1-3-8-23-16-21(18-30(34)35)17-24-19-25(33-31(23)24)14-15-36-29-13-12-26-28(22-10-6-5-7-11-22)20-37-32(26)27(29)9-4-2/h5-7,10-13,16-17,19-20,33H,3-4,8-9,14-15,18H2,1-2H3,(H,34,35). The van der Waals surface area contributed by atoms with E-state index in [2.05, 4.69) is 49.2 Å². The fourth-order valence-corrected chi connectivity index (χ4v) is 5.20. The van der Waals surface area contributed by atoms with Crippen LogP contribution < -0.4 is 4.74 Å². The highest BCUT2D eigenvalue weighted by atomic mass is 16.5. The molecule has 5 nitrogen and oxygen atoms in total. The van der Waals surface area contributed by atoms with Crippen LogP contribution in [-0.4, -0.2) is 22.7 Å². The van der Waals surface area contributed by atoms with Crippen molar-refractivity contribution in [3.63, 3.8) is 0 Å². The lowest BCUT2D eigenvalue weighted by Crippen LogP contribution is -2.04. The van der Waals surface area contributed by atoms with Crippen LogP contribution in [0.3, 0.4) is 0 Å². The average Bonchev–Trinajstić information content (AvgIpc) is 3.50. The molecule has 0 bridgehead atoms. The van der Waals surface area contributed by atoms with Gasteiger partial charge in [0.15, 0.2) is 0 Å². The maximum atomic E-state index is 11.3. The number of aromatic nitrogens is 1. The summed E-state index contributed by atoms with van der Waals surface area (Å²) in [6.07, 6.45) is 6.41. The third-order valence-corrected chi connectivity index (χ3v) is 6.82. The molecule has 5 heteroatoms. The number of aryl methyl sites for hydroxylation is 2. The van der Waals surface area contributed by atoms with Crippen LogP contribution in [0.4, 0.5) is 0 Å². The van der Waals surface area contributed by atoms with Gasteiger partial charge in [-0.3, -0.25) is 4.79 Å². The van der Waals surface area contributed by atoms with E-state index in [0.29, 0.717) is 6.61 Å². The smallest absolute Gasteiger partial charge is 0.307 e. The highest BCUT2D eigenvalue weighted by Gasteiger charge is 2.16. The molecule has 0 saturated heterocycles. The number of aromatic amines is 1. The first-order chi connectivity index (χ1) is 18.1. The third-order valence-electron chi connectivity index (χ3n) is 6.82. The zero-order chi connectivity index (χ0) is 25.8. The monoisotopic (exact) mass is 495 g/mol. The molecule has 0 unspecified atom stereocenters. The van der Waals surface area contributed by atoms with Crippen molar-refractivity contribution in [1.82, 2.24) is 4.98 Å². The number of nitrogens with one attached hydrogen (secondary N) is 1. The first-order valence-electron chi connectivity index (χ1n) is 13.1. The van der Waals surface area contributed by atoms with Gasteiger partial charge >= 0.3 is 5.97 Å². The normalized spacial score (nSPS) is 11.4. The van der Waals surface area contributed by atoms with E-state index in [1.54, 1.807) is 0 Å². The topological polar surface area (TPSA) is 75.5 Å². The van der Waals surface area contributed by atoms with Gasteiger partial charge < -0.3 is 19.2 Å². The Kier molecular flexibility index (Phi) is 7.31. The van der Waals surface area contributed by atoms with Crippen molar-refractivity contribution in [2.45, 2.75) is 52.4 Å². The molecule has 190 valence electrons. The number of aliphatic carboxylic acids is 1. The van der Waals surface area contributed by atoms with Crippen molar-refractivity contribution in [1.29, 1.82) is 0 Å². The van der Waals surface area contributed by atoms with Crippen LogP contribution in [0.5, 0.6) is 5.75 Å². The summed E-state index contributed by atoms with van der Waals surface area (Å²) < 4.78 is 12.4. The van der Waals surface area contributed by atoms with Gasteiger partial charge in [0.25, 0.3) is 0 Å². The molecule has 37 heavy (non-hydrogen) atoms. The van der Waals surface area contributed by atoms with Gasteiger partial charge in [-0.15, -0.1) is 0 Å². The lowest BCUT2D eigenvalue weighted by atomic mass is 10.0. The molecule has 0 aliphatic rings. The van der Waals surface area contributed by atoms with Crippen molar-refractivity contribution >= 4 is 27.8 Å². The predicted octanol–water partition coefficient (Wildman–Crippen LogP) is 7.73. The third kappa shape index (κ3) is 5.26. The molecule has 0 radical (unpaired) electrons. The molecule has 0 atom stereocenters. The van der Waals surface area contributed by atoms with E-state index in [-0.39, 0.29) is 6.42 Å². The Morgan fingerprint density at radius 3 is 2.54 bits per heavy atom. The first kappa shape index (κ1) is 24.7. The molecule has 2 aromatic heterocycles. The number of hydrogen-bond donors (Lipinski definition) is 2. The molecule has 0 aliphatic heterocycles. The van der Waals surface area contributed by atoms with Crippen LogP contribution in [0.1, 0.15) is 49.1 Å². The van der Waals surface area contributed by atoms with Crippen molar-refractivity contribution in [3.8, 4) is 16.9 Å². The fraction of sp³-hybridized carbons (Fsp3) is 0.281. The van der Waals surface area contributed by atoms with Crippen LogP contribution >= 0.6 is 0 Å². The molecule has 5 rings (SSSR count). The molecular formula is C32H33NO4. The predicted molar refractivity (Wildman–Crippen MR) is 148 cm³/mol. The van der Waals surface area contributed by atoms with Crippen molar-refractivity contribution < 1.29 is 19.1 Å². The van der Waals surface area contributed by atoms with Crippen LogP contribution in [0.2, 0.25) is 0 Å². The summed E-state index contributed by atoms with van der Waals surface area (Å²) in [5, 5.41) is 11.4. The van der Waals surface area contributed by atoms with E-state index in [0.717, 1.165) is 87.7 Å². The van der Waals surface area contributed by atoms with Crippen molar-refractivity contribution in [3.05, 3.63) is 89.3 Å². The second kappa shape index (κ2) is 11.0. The van der Waals surface area contributed by atoms with E-state index in [1.165, 1.54) is 5.56 Å². The van der Waals surface area contributed by atoms with E-state index in [9.17, 15) is 9.90 Å². The number of benzene rings is 3. The summed E-state index contributed by atoms with van der Waals surface area (Å²) >= 11 is 0. The summed E-state index contributed by atoms with van der Waals surface area (Å²) in [4.78, 5) is 14.8. The summed E-state index contributed by atoms with van der Waals surface area (Å²) in [6.45, 7) is 4.84. The summed E-state index contributed by atoms with van der Waals surface area (Å²) in [5.74, 6) is 0.0631. The molecule has 3 aromatic carbocycles. The largest absolute Gasteiger partial charge is 0.493 e. The number of carboxylic acids is 1. The minimum absolute atomic E-state index is 0.0394. The van der Waals surface area contributed by atoms with Gasteiger partial charge in [-0.05, 0) is 53.8 Å². The van der Waals surface area contributed by atoms with Gasteiger partial charge in [0.2, 0.25) is 0 Å².